The third kappa shape index (κ3) is 5.96. The van der Waals surface area contributed by atoms with Gasteiger partial charge in [0.25, 0.3) is 5.91 Å². The first kappa shape index (κ1) is 26.2. The van der Waals surface area contributed by atoms with Crippen LogP contribution in [0.4, 0.5) is 0 Å². The number of ether oxygens (including phenoxy) is 1. The van der Waals surface area contributed by atoms with E-state index in [4.69, 9.17) is 4.74 Å². The zero-order valence-electron chi connectivity index (χ0n) is 20.3. The topological polar surface area (TPSA) is 104 Å². The predicted molar refractivity (Wildman–Crippen MR) is 127 cm³/mol. The number of piperidine rings is 2. The van der Waals surface area contributed by atoms with E-state index >= 15 is 0 Å². The summed E-state index contributed by atoms with van der Waals surface area (Å²) in [5.41, 5.74) is 0.822. The highest BCUT2D eigenvalue weighted by Crippen LogP contribution is 2.25. The monoisotopic (exact) mass is 493 g/mol. The molecule has 2 aliphatic heterocycles. The minimum absolute atomic E-state index is 0.120. The van der Waals surface area contributed by atoms with Gasteiger partial charge in [-0.3, -0.25) is 14.4 Å². The third-order valence-corrected chi connectivity index (χ3v) is 8.60. The smallest absolute Gasteiger partial charge is 0.309 e. The molecule has 34 heavy (non-hydrogen) atoms. The van der Waals surface area contributed by atoms with Gasteiger partial charge in [-0.25, -0.2) is 8.42 Å². The molecule has 2 heterocycles. The quantitative estimate of drug-likeness (QED) is 0.539. The van der Waals surface area contributed by atoms with E-state index in [1.165, 1.54) is 22.3 Å². The molecule has 9 nitrogen and oxygen atoms in total. The maximum Gasteiger partial charge on any atom is 0.309 e. The molecule has 0 aliphatic carbocycles. The first-order valence-corrected chi connectivity index (χ1v) is 13.4. The van der Waals surface area contributed by atoms with E-state index < -0.39 is 15.9 Å². The van der Waals surface area contributed by atoms with Crippen LogP contribution >= 0.6 is 0 Å². The number of likely N-dealkylation sites (N-methyl/N-ethyl adjacent to an activating group) is 1. The Morgan fingerprint density at radius 2 is 1.71 bits per heavy atom. The number of sulfonamides is 1. The summed E-state index contributed by atoms with van der Waals surface area (Å²) >= 11 is 0. The van der Waals surface area contributed by atoms with E-state index in [0.29, 0.717) is 51.2 Å². The van der Waals surface area contributed by atoms with Crippen molar-refractivity contribution in [1.29, 1.82) is 0 Å². The maximum absolute atomic E-state index is 13.2. The molecule has 3 rings (SSSR count). The molecule has 2 saturated heterocycles. The summed E-state index contributed by atoms with van der Waals surface area (Å²) in [7, 11) is -2.15. The molecule has 188 valence electrons. The summed E-state index contributed by atoms with van der Waals surface area (Å²) in [5, 5.41) is 0. The summed E-state index contributed by atoms with van der Waals surface area (Å²) in [6.07, 6.45) is 3.76. The zero-order valence-corrected chi connectivity index (χ0v) is 21.1. The fraction of sp³-hybridized carbons (Fsp3) is 0.625. The summed E-state index contributed by atoms with van der Waals surface area (Å²) in [6.45, 7) is 5.56. The Morgan fingerprint density at radius 3 is 2.32 bits per heavy atom. The van der Waals surface area contributed by atoms with Crippen LogP contribution in [0, 0.1) is 12.8 Å². The van der Waals surface area contributed by atoms with Crippen LogP contribution in [0.1, 0.15) is 54.9 Å². The van der Waals surface area contributed by atoms with Gasteiger partial charge in [0.15, 0.2) is 0 Å². The molecule has 0 unspecified atom stereocenters. The van der Waals surface area contributed by atoms with Crippen molar-refractivity contribution in [3.05, 3.63) is 29.3 Å². The van der Waals surface area contributed by atoms with E-state index in [2.05, 4.69) is 0 Å². The van der Waals surface area contributed by atoms with Crippen LogP contribution in [-0.4, -0.2) is 86.7 Å². The van der Waals surface area contributed by atoms with Crippen molar-refractivity contribution in [3.63, 3.8) is 0 Å². The standard InChI is InChI=1S/C24H35N3O6S/c1-4-33-24(30)19-10-14-26(15-11-19)22(28)17-25(3)23(29)20-9-8-18(2)21(16-20)34(31,32)27-12-6-5-7-13-27/h8-9,16,19H,4-7,10-15,17H2,1-3H3. The number of benzene rings is 1. The van der Waals surface area contributed by atoms with Gasteiger partial charge in [-0.1, -0.05) is 12.5 Å². The molecule has 0 saturated carbocycles. The summed E-state index contributed by atoms with van der Waals surface area (Å²) in [4.78, 5) is 40.8. The number of nitrogens with zero attached hydrogens (tertiary/aromatic N) is 3. The van der Waals surface area contributed by atoms with Gasteiger partial charge in [0.2, 0.25) is 15.9 Å². The first-order chi connectivity index (χ1) is 16.1. The SMILES string of the molecule is CCOC(=O)C1CCN(C(=O)CN(C)C(=O)c2ccc(C)c(S(=O)(=O)N3CCCCC3)c2)CC1. The molecular formula is C24H35N3O6S. The number of carbonyl (C=O) groups is 3. The molecule has 2 amide bonds. The second-order valence-corrected chi connectivity index (χ2v) is 10.9. The van der Waals surface area contributed by atoms with Crippen LogP contribution in [0.3, 0.4) is 0 Å². The minimum atomic E-state index is -3.68. The highest BCUT2D eigenvalue weighted by atomic mass is 32.2. The van der Waals surface area contributed by atoms with Gasteiger partial charge in [0.05, 0.1) is 24.0 Å². The number of rotatable bonds is 7. The van der Waals surface area contributed by atoms with Crippen LogP contribution in [0.5, 0.6) is 0 Å². The second kappa shape index (κ2) is 11.3. The van der Waals surface area contributed by atoms with Crippen molar-refractivity contribution in [1.82, 2.24) is 14.1 Å². The lowest BCUT2D eigenvalue weighted by Gasteiger charge is -2.32. The molecule has 1 aromatic carbocycles. The average Bonchev–Trinajstić information content (AvgIpc) is 2.84. The van der Waals surface area contributed by atoms with Crippen molar-refractivity contribution in [2.75, 3.05) is 46.4 Å². The van der Waals surface area contributed by atoms with Crippen molar-refractivity contribution < 1.29 is 27.5 Å². The average molecular weight is 494 g/mol. The maximum atomic E-state index is 13.2. The van der Waals surface area contributed by atoms with Gasteiger partial charge in [0, 0.05) is 38.8 Å². The van der Waals surface area contributed by atoms with Crippen LogP contribution < -0.4 is 0 Å². The fourth-order valence-electron chi connectivity index (χ4n) is 4.48. The van der Waals surface area contributed by atoms with Crippen LogP contribution in [-0.2, 0) is 24.3 Å². The molecule has 10 heteroatoms. The molecule has 0 radical (unpaired) electrons. The largest absolute Gasteiger partial charge is 0.466 e. The van der Waals surface area contributed by atoms with Crippen molar-refractivity contribution in [3.8, 4) is 0 Å². The predicted octanol–water partition coefficient (Wildman–Crippen LogP) is 2.04. The Kier molecular flexibility index (Phi) is 8.70. The van der Waals surface area contributed by atoms with Crippen LogP contribution in [0.25, 0.3) is 0 Å². The van der Waals surface area contributed by atoms with E-state index in [9.17, 15) is 22.8 Å². The van der Waals surface area contributed by atoms with Gasteiger partial charge in [0.1, 0.15) is 0 Å². The molecule has 0 bridgehead atoms. The number of amides is 2. The highest BCUT2D eigenvalue weighted by Gasteiger charge is 2.30. The summed E-state index contributed by atoms with van der Waals surface area (Å²) in [5.74, 6) is -1.04. The molecule has 0 N–H and O–H groups in total. The zero-order chi connectivity index (χ0) is 24.9. The van der Waals surface area contributed by atoms with Gasteiger partial charge in [-0.05, 0) is 57.2 Å². The molecule has 1 aromatic rings. The second-order valence-electron chi connectivity index (χ2n) is 9.01. The van der Waals surface area contributed by atoms with Crippen molar-refractivity contribution in [2.24, 2.45) is 5.92 Å². The summed E-state index contributed by atoms with van der Waals surface area (Å²) in [6, 6.07) is 4.66. The number of carbonyl (C=O) groups excluding carboxylic acids is 3. The number of hydrogen-bond donors (Lipinski definition) is 0. The van der Waals surface area contributed by atoms with Gasteiger partial charge in [-0.15, -0.1) is 0 Å². The minimum Gasteiger partial charge on any atom is -0.466 e. The summed E-state index contributed by atoms with van der Waals surface area (Å²) < 4.78 is 32.9. The Morgan fingerprint density at radius 1 is 1.06 bits per heavy atom. The number of aryl methyl sites for hydroxylation is 1. The van der Waals surface area contributed by atoms with Crippen LogP contribution in [0.15, 0.2) is 23.1 Å². The fourth-order valence-corrected chi connectivity index (χ4v) is 6.24. The number of likely N-dealkylation sites (tertiary alicyclic amines) is 1. The molecule has 0 spiro atoms. The lowest BCUT2D eigenvalue weighted by Crippen LogP contribution is -2.45. The molecule has 0 aromatic heterocycles. The molecular weight excluding hydrogens is 458 g/mol. The van der Waals surface area contributed by atoms with Gasteiger partial charge < -0.3 is 14.5 Å². The highest BCUT2D eigenvalue weighted by molar-refractivity contribution is 7.89. The number of hydrogen-bond acceptors (Lipinski definition) is 6. The third-order valence-electron chi connectivity index (χ3n) is 6.55. The van der Waals surface area contributed by atoms with E-state index in [1.54, 1.807) is 30.9 Å². The van der Waals surface area contributed by atoms with E-state index in [-0.39, 0.29) is 34.8 Å². The van der Waals surface area contributed by atoms with Gasteiger partial charge >= 0.3 is 5.97 Å². The number of esters is 1. The Bertz CT molecular complexity index is 1010. The van der Waals surface area contributed by atoms with Gasteiger partial charge in [-0.2, -0.15) is 4.31 Å². The van der Waals surface area contributed by atoms with Crippen LogP contribution in [0.2, 0.25) is 0 Å². The normalized spacial score (nSPS) is 17.9. The molecule has 2 aliphatic rings. The molecule has 2 fully saturated rings. The van der Waals surface area contributed by atoms with E-state index in [0.717, 1.165) is 19.3 Å². The lowest BCUT2D eigenvalue weighted by atomic mass is 9.97. The Hall–Kier alpha value is -2.46. The Balaban J connectivity index is 1.64. The van der Waals surface area contributed by atoms with Crippen molar-refractivity contribution >= 4 is 27.8 Å². The lowest BCUT2D eigenvalue weighted by molar-refractivity contribution is -0.151. The van der Waals surface area contributed by atoms with E-state index in [1.807, 2.05) is 0 Å². The molecule has 0 atom stereocenters. The van der Waals surface area contributed by atoms with Crippen molar-refractivity contribution in [2.45, 2.75) is 50.8 Å². The first-order valence-electron chi connectivity index (χ1n) is 12.0. The Labute approximate surface area is 202 Å².